The molecule has 0 bridgehead atoms. The monoisotopic (exact) mass is 714 g/mol. The van der Waals surface area contributed by atoms with Crippen molar-refractivity contribution in [1.29, 1.82) is 0 Å². The summed E-state index contributed by atoms with van der Waals surface area (Å²) in [6.07, 6.45) is 1.47. The summed E-state index contributed by atoms with van der Waals surface area (Å²) >= 11 is 6.08. The molecule has 12 heteroatoms. The summed E-state index contributed by atoms with van der Waals surface area (Å²) in [7, 11) is 1.44. The van der Waals surface area contributed by atoms with E-state index >= 15 is 0 Å². The van der Waals surface area contributed by atoms with Gasteiger partial charge in [0.15, 0.2) is 5.13 Å². The fourth-order valence-electron chi connectivity index (χ4n) is 4.17. The van der Waals surface area contributed by atoms with Gasteiger partial charge >= 0.3 is 0 Å². The number of hydrogen-bond acceptors (Lipinski definition) is 8. The number of phenols is 1. The number of amides is 3. The van der Waals surface area contributed by atoms with Gasteiger partial charge in [-0.1, -0.05) is 52.3 Å². The van der Waals surface area contributed by atoms with Crippen molar-refractivity contribution in [3.8, 4) is 22.8 Å². The first-order valence-corrected chi connectivity index (χ1v) is 16.4. The Morgan fingerprint density at radius 3 is 2.50 bits per heavy atom. The van der Waals surface area contributed by atoms with E-state index in [0.717, 1.165) is 20.6 Å². The van der Waals surface area contributed by atoms with E-state index in [1.807, 2.05) is 35.7 Å². The van der Waals surface area contributed by atoms with Gasteiger partial charge in [0.2, 0.25) is 5.91 Å². The Hall–Kier alpha value is -4.91. The molecule has 232 valence electrons. The summed E-state index contributed by atoms with van der Waals surface area (Å²) in [6, 6.07) is 27.8. The Morgan fingerprint density at radius 2 is 1.74 bits per heavy atom. The van der Waals surface area contributed by atoms with Crippen molar-refractivity contribution < 1.29 is 24.2 Å². The lowest BCUT2D eigenvalue weighted by Gasteiger charge is -2.13. The Kier molecular flexibility index (Phi) is 10.9. The van der Waals surface area contributed by atoms with Gasteiger partial charge in [-0.05, 0) is 60.7 Å². The molecule has 0 fully saturated rings. The van der Waals surface area contributed by atoms with Crippen LogP contribution in [0.2, 0.25) is 0 Å². The van der Waals surface area contributed by atoms with Crippen LogP contribution in [0, 0.1) is 0 Å². The van der Waals surface area contributed by atoms with Gasteiger partial charge in [0.1, 0.15) is 17.2 Å². The Morgan fingerprint density at radius 1 is 0.957 bits per heavy atom. The molecule has 4 aromatic carbocycles. The van der Waals surface area contributed by atoms with Crippen LogP contribution in [0.25, 0.3) is 17.3 Å². The van der Waals surface area contributed by atoms with Crippen molar-refractivity contribution in [3.63, 3.8) is 0 Å². The number of benzene rings is 4. The predicted molar refractivity (Wildman–Crippen MR) is 186 cm³/mol. The summed E-state index contributed by atoms with van der Waals surface area (Å²) in [6.45, 7) is 0. The minimum absolute atomic E-state index is 0.00608. The van der Waals surface area contributed by atoms with Crippen LogP contribution < -0.4 is 20.7 Å². The van der Waals surface area contributed by atoms with Crippen LogP contribution in [0.1, 0.15) is 15.9 Å². The second-order valence-corrected chi connectivity index (χ2v) is 12.5. The number of nitrogens with zero attached hydrogens (tertiary/aromatic N) is 1. The van der Waals surface area contributed by atoms with Gasteiger partial charge in [-0.15, -0.1) is 23.1 Å². The van der Waals surface area contributed by atoms with E-state index in [9.17, 15) is 19.5 Å². The molecule has 9 nitrogen and oxygen atoms in total. The second kappa shape index (κ2) is 15.4. The van der Waals surface area contributed by atoms with Crippen molar-refractivity contribution in [2.24, 2.45) is 0 Å². The number of aromatic hydroxyl groups is 1. The number of thiazole rings is 1. The molecule has 5 rings (SSSR count). The molecule has 0 saturated heterocycles. The summed E-state index contributed by atoms with van der Waals surface area (Å²) in [5.74, 6) is -0.827. The number of anilines is 2. The molecule has 0 aliphatic heterocycles. The van der Waals surface area contributed by atoms with Crippen LogP contribution in [0.15, 0.2) is 118 Å². The number of phenolic OH excluding ortho intramolecular Hbond substituents is 1. The number of hydrogen-bond donors (Lipinski definition) is 4. The molecule has 1 heterocycles. The van der Waals surface area contributed by atoms with E-state index < -0.39 is 11.8 Å². The largest absolute Gasteiger partial charge is 0.508 e. The van der Waals surface area contributed by atoms with E-state index in [-0.39, 0.29) is 23.1 Å². The zero-order valence-corrected chi connectivity index (χ0v) is 27.5. The first-order chi connectivity index (χ1) is 22.3. The standard InChI is InChI=1S/C34H27BrN4O5S2/c1-44-30-18-26(40)15-12-23(30)16-28(37-32(42)22-6-3-2-4-7-22)33(43)36-25-8-5-9-27(17-25)45-20-31(41)39-34-38-29(19-46-34)21-10-13-24(35)14-11-21/h2-19,40H,20H2,1H3,(H,36,43)(H,37,42)(H,38,39,41)/b28-16+. The summed E-state index contributed by atoms with van der Waals surface area (Å²) in [5, 5.41) is 20.6. The number of carbonyl (C=O) groups is 3. The third-order valence-electron chi connectivity index (χ3n) is 6.40. The van der Waals surface area contributed by atoms with E-state index in [4.69, 9.17) is 4.74 Å². The Balaban J connectivity index is 1.25. The molecule has 1 aromatic heterocycles. The van der Waals surface area contributed by atoms with E-state index in [2.05, 4.69) is 36.9 Å². The molecule has 5 aromatic rings. The average molecular weight is 716 g/mol. The molecule has 0 aliphatic rings. The smallest absolute Gasteiger partial charge is 0.272 e. The minimum Gasteiger partial charge on any atom is -0.508 e. The Labute approximate surface area is 281 Å². The third-order valence-corrected chi connectivity index (χ3v) is 8.68. The Bertz CT molecular complexity index is 1900. The fourth-order valence-corrected chi connectivity index (χ4v) is 5.92. The number of halogens is 1. The molecular weight excluding hydrogens is 688 g/mol. The highest BCUT2D eigenvalue weighted by atomic mass is 79.9. The number of rotatable bonds is 11. The number of ether oxygens (including phenoxy) is 1. The molecule has 0 spiro atoms. The second-order valence-electron chi connectivity index (χ2n) is 9.67. The molecule has 0 atom stereocenters. The van der Waals surface area contributed by atoms with Crippen LogP contribution in [0.5, 0.6) is 11.5 Å². The highest BCUT2D eigenvalue weighted by Crippen LogP contribution is 2.28. The highest BCUT2D eigenvalue weighted by Gasteiger charge is 2.17. The van der Waals surface area contributed by atoms with Crippen molar-refractivity contribution in [2.75, 3.05) is 23.5 Å². The summed E-state index contributed by atoms with van der Waals surface area (Å²) in [5.41, 5.74) is 3.00. The first kappa shape index (κ1) is 32.5. The minimum atomic E-state index is -0.579. The van der Waals surface area contributed by atoms with Gasteiger partial charge in [0.05, 0.1) is 18.6 Å². The zero-order chi connectivity index (χ0) is 32.5. The lowest BCUT2D eigenvalue weighted by atomic mass is 10.1. The summed E-state index contributed by atoms with van der Waals surface area (Å²) in [4.78, 5) is 44.4. The van der Waals surface area contributed by atoms with Crippen LogP contribution in [-0.4, -0.2) is 40.7 Å². The normalized spacial score (nSPS) is 11.0. The average Bonchev–Trinajstić information content (AvgIpc) is 3.53. The van der Waals surface area contributed by atoms with Crippen LogP contribution in [0.3, 0.4) is 0 Å². The molecule has 0 saturated carbocycles. The number of methoxy groups -OCH3 is 1. The third kappa shape index (κ3) is 8.84. The fraction of sp³-hybridized carbons (Fsp3) is 0.0588. The lowest BCUT2D eigenvalue weighted by molar-refractivity contribution is -0.114. The number of thioether (sulfide) groups is 1. The molecule has 0 aliphatic carbocycles. The number of aromatic nitrogens is 1. The van der Waals surface area contributed by atoms with Crippen molar-refractivity contribution in [1.82, 2.24) is 10.3 Å². The SMILES string of the molecule is COc1cc(O)ccc1/C=C(/NC(=O)c1ccccc1)C(=O)Nc1cccc(SCC(=O)Nc2nc(-c3ccc(Br)cc3)cs2)c1. The molecule has 46 heavy (non-hydrogen) atoms. The molecule has 3 amide bonds. The quantitative estimate of drug-likeness (QED) is 0.0827. The van der Waals surface area contributed by atoms with E-state index in [0.29, 0.717) is 27.7 Å². The first-order valence-electron chi connectivity index (χ1n) is 13.8. The van der Waals surface area contributed by atoms with Gasteiger partial charge in [-0.25, -0.2) is 4.98 Å². The summed E-state index contributed by atoms with van der Waals surface area (Å²) < 4.78 is 6.32. The van der Waals surface area contributed by atoms with E-state index in [1.165, 1.54) is 48.4 Å². The van der Waals surface area contributed by atoms with Crippen molar-refractivity contribution in [3.05, 3.63) is 124 Å². The number of nitrogens with one attached hydrogen (secondary N) is 3. The van der Waals surface area contributed by atoms with Gasteiger partial charge < -0.3 is 25.8 Å². The maximum atomic E-state index is 13.5. The molecule has 0 unspecified atom stereocenters. The van der Waals surface area contributed by atoms with Crippen molar-refractivity contribution >= 4 is 73.6 Å². The zero-order valence-electron chi connectivity index (χ0n) is 24.3. The molecular formula is C34H27BrN4O5S2. The van der Waals surface area contributed by atoms with Gasteiger partial charge in [0, 0.05) is 43.2 Å². The maximum absolute atomic E-state index is 13.5. The molecule has 4 N–H and O–H groups in total. The van der Waals surface area contributed by atoms with Crippen LogP contribution in [-0.2, 0) is 9.59 Å². The maximum Gasteiger partial charge on any atom is 0.272 e. The van der Waals surface area contributed by atoms with Gasteiger partial charge in [0.25, 0.3) is 11.8 Å². The van der Waals surface area contributed by atoms with Crippen molar-refractivity contribution in [2.45, 2.75) is 4.90 Å². The van der Waals surface area contributed by atoms with Crippen LogP contribution in [0.4, 0.5) is 10.8 Å². The van der Waals surface area contributed by atoms with E-state index in [1.54, 1.807) is 54.6 Å². The van der Waals surface area contributed by atoms with Gasteiger partial charge in [-0.2, -0.15) is 0 Å². The van der Waals surface area contributed by atoms with Crippen LogP contribution >= 0.6 is 39.0 Å². The molecule has 0 radical (unpaired) electrons. The topological polar surface area (TPSA) is 130 Å². The number of carbonyl (C=O) groups excluding carboxylic acids is 3. The van der Waals surface area contributed by atoms with Gasteiger partial charge in [-0.3, -0.25) is 14.4 Å². The predicted octanol–water partition coefficient (Wildman–Crippen LogP) is 7.43. The lowest BCUT2D eigenvalue weighted by Crippen LogP contribution is -2.30. The highest BCUT2D eigenvalue weighted by molar-refractivity contribution is 9.10.